The summed E-state index contributed by atoms with van der Waals surface area (Å²) in [5.41, 5.74) is 2.62. The molecule has 0 atom stereocenters. The van der Waals surface area contributed by atoms with E-state index < -0.39 is 0 Å². The predicted molar refractivity (Wildman–Crippen MR) is 87.4 cm³/mol. The molecule has 0 spiro atoms. The summed E-state index contributed by atoms with van der Waals surface area (Å²) in [5.74, 6) is 0.0734. The van der Waals surface area contributed by atoms with Crippen molar-refractivity contribution in [1.29, 1.82) is 5.26 Å². The fourth-order valence-corrected chi connectivity index (χ4v) is 2.41. The van der Waals surface area contributed by atoms with Gasteiger partial charge in [-0.1, -0.05) is 41.9 Å². The number of carbonyl (C=O) groups excluding carboxylic acids is 1. The van der Waals surface area contributed by atoms with Crippen LogP contribution in [0.1, 0.15) is 23.1 Å². The zero-order valence-electron chi connectivity index (χ0n) is 12.4. The fraction of sp³-hybridized carbons (Fsp3) is 0.222. The van der Waals surface area contributed by atoms with Crippen molar-refractivity contribution in [1.82, 2.24) is 4.90 Å². The van der Waals surface area contributed by atoms with Gasteiger partial charge in [0.1, 0.15) is 0 Å². The number of nitrogens with zero attached hydrogens (tertiary/aromatic N) is 2. The minimum atomic E-state index is 0.0734. The minimum absolute atomic E-state index is 0.0734. The van der Waals surface area contributed by atoms with Crippen LogP contribution in [0.4, 0.5) is 0 Å². The third-order valence-electron chi connectivity index (χ3n) is 3.49. The van der Waals surface area contributed by atoms with E-state index in [9.17, 15) is 4.79 Å². The van der Waals surface area contributed by atoms with Crippen LogP contribution in [0.25, 0.3) is 0 Å². The molecule has 0 saturated carbocycles. The van der Waals surface area contributed by atoms with Crippen molar-refractivity contribution < 1.29 is 4.79 Å². The van der Waals surface area contributed by atoms with E-state index in [1.54, 1.807) is 24.1 Å². The second-order valence-corrected chi connectivity index (χ2v) is 5.56. The van der Waals surface area contributed by atoms with Gasteiger partial charge in [-0.05, 0) is 35.7 Å². The Kier molecular flexibility index (Phi) is 5.57. The first kappa shape index (κ1) is 16.1. The monoisotopic (exact) mass is 312 g/mol. The first-order valence-corrected chi connectivity index (χ1v) is 7.44. The van der Waals surface area contributed by atoms with E-state index in [0.717, 1.165) is 11.1 Å². The molecule has 112 valence electrons. The average molecular weight is 313 g/mol. The zero-order valence-corrected chi connectivity index (χ0v) is 13.2. The normalized spacial score (nSPS) is 10.0. The van der Waals surface area contributed by atoms with Crippen LogP contribution in [0.5, 0.6) is 0 Å². The van der Waals surface area contributed by atoms with Gasteiger partial charge in [0.15, 0.2) is 0 Å². The van der Waals surface area contributed by atoms with E-state index in [1.807, 2.05) is 36.4 Å². The molecule has 0 bridgehead atoms. The number of halogens is 1. The van der Waals surface area contributed by atoms with Crippen LogP contribution in [0.2, 0.25) is 5.02 Å². The molecule has 0 aliphatic heterocycles. The van der Waals surface area contributed by atoms with Crippen molar-refractivity contribution in [2.45, 2.75) is 19.4 Å². The van der Waals surface area contributed by atoms with E-state index in [0.29, 0.717) is 30.0 Å². The molecule has 2 aromatic rings. The van der Waals surface area contributed by atoms with E-state index in [-0.39, 0.29) is 5.91 Å². The SMILES string of the molecule is CN(Cc1ccc(C#N)cc1)C(=O)CCc1ccccc1Cl. The first-order chi connectivity index (χ1) is 10.6. The molecule has 1 amide bonds. The van der Waals surface area contributed by atoms with Crippen molar-refractivity contribution in [3.8, 4) is 6.07 Å². The molecule has 0 aliphatic rings. The third kappa shape index (κ3) is 4.34. The van der Waals surface area contributed by atoms with Gasteiger partial charge in [0.25, 0.3) is 0 Å². The van der Waals surface area contributed by atoms with Crippen molar-refractivity contribution in [2.24, 2.45) is 0 Å². The van der Waals surface area contributed by atoms with Gasteiger partial charge < -0.3 is 4.90 Å². The lowest BCUT2D eigenvalue weighted by molar-refractivity contribution is -0.130. The Labute approximate surface area is 135 Å². The number of hydrogen-bond donors (Lipinski definition) is 0. The molecule has 2 aromatic carbocycles. The molecule has 4 heteroatoms. The number of carbonyl (C=O) groups is 1. The lowest BCUT2D eigenvalue weighted by Gasteiger charge is -2.17. The van der Waals surface area contributed by atoms with Gasteiger partial charge >= 0.3 is 0 Å². The second-order valence-electron chi connectivity index (χ2n) is 5.15. The van der Waals surface area contributed by atoms with Crippen LogP contribution in [-0.4, -0.2) is 17.9 Å². The molecular weight excluding hydrogens is 296 g/mol. The molecule has 0 fully saturated rings. The topological polar surface area (TPSA) is 44.1 Å². The predicted octanol–water partition coefficient (Wildman–Crippen LogP) is 3.80. The maximum Gasteiger partial charge on any atom is 0.222 e. The molecule has 2 rings (SSSR count). The summed E-state index contributed by atoms with van der Waals surface area (Å²) in [6.07, 6.45) is 1.06. The Morgan fingerprint density at radius 3 is 2.50 bits per heavy atom. The van der Waals surface area contributed by atoms with Crippen molar-refractivity contribution in [3.63, 3.8) is 0 Å². The fourth-order valence-electron chi connectivity index (χ4n) is 2.18. The summed E-state index contributed by atoms with van der Waals surface area (Å²) in [6.45, 7) is 0.535. The van der Waals surface area contributed by atoms with Crippen LogP contribution in [-0.2, 0) is 17.8 Å². The van der Waals surface area contributed by atoms with E-state index in [2.05, 4.69) is 6.07 Å². The average Bonchev–Trinajstić information content (AvgIpc) is 2.54. The zero-order chi connectivity index (χ0) is 15.9. The Morgan fingerprint density at radius 2 is 1.86 bits per heavy atom. The molecule has 0 aliphatic carbocycles. The standard InChI is InChI=1S/C18H17ClN2O/c1-21(13-15-8-6-14(12-20)7-9-15)18(22)11-10-16-4-2-3-5-17(16)19/h2-9H,10-11,13H2,1H3. The van der Waals surface area contributed by atoms with Gasteiger partial charge in [0.05, 0.1) is 11.6 Å². The number of hydrogen-bond acceptors (Lipinski definition) is 2. The van der Waals surface area contributed by atoms with Crippen LogP contribution < -0.4 is 0 Å². The third-order valence-corrected chi connectivity index (χ3v) is 3.86. The molecule has 22 heavy (non-hydrogen) atoms. The highest BCUT2D eigenvalue weighted by molar-refractivity contribution is 6.31. The maximum atomic E-state index is 12.2. The smallest absolute Gasteiger partial charge is 0.222 e. The summed E-state index contributed by atoms with van der Waals surface area (Å²) in [6, 6.07) is 16.9. The Balaban J connectivity index is 1.89. The highest BCUT2D eigenvalue weighted by Crippen LogP contribution is 2.17. The molecule has 3 nitrogen and oxygen atoms in total. The van der Waals surface area contributed by atoms with Crippen molar-refractivity contribution in [3.05, 3.63) is 70.2 Å². The number of nitriles is 1. The molecule has 0 saturated heterocycles. The number of benzene rings is 2. The van der Waals surface area contributed by atoms with Gasteiger partial charge in [-0.25, -0.2) is 0 Å². The quantitative estimate of drug-likeness (QED) is 0.842. The van der Waals surface area contributed by atoms with Gasteiger partial charge in [0.2, 0.25) is 5.91 Å². The summed E-state index contributed by atoms with van der Waals surface area (Å²) in [4.78, 5) is 13.9. The van der Waals surface area contributed by atoms with Crippen LogP contribution in [0.3, 0.4) is 0 Å². The van der Waals surface area contributed by atoms with Gasteiger partial charge in [-0.2, -0.15) is 5.26 Å². The number of rotatable bonds is 5. The molecule has 0 heterocycles. The summed E-state index contributed by atoms with van der Waals surface area (Å²) in [7, 11) is 1.78. The lowest BCUT2D eigenvalue weighted by atomic mass is 10.1. The minimum Gasteiger partial charge on any atom is -0.341 e. The molecule has 0 unspecified atom stereocenters. The van der Waals surface area contributed by atoms with Crippen molar-refractivity contribution >= 4 is 17.5 Å². The van der Waals surface area contributed by atoms with E-state index in [1.165, 1.54) is 0 Å². The first-order valence-electron chi connectivity index (χ1n) is 7.06. The van der Waals surface area contributed by atoms with Gasteiger partial charge in [-0.15, -0.1) is 0 Å². The van der Waals surface area contributed by atoms with Crippen LogP contribution in [0.15, 0.2) is 48.5 Å². The molecular formula is C18H17ClN2O. The largest absolute Gasteiger partial charge is 0.341 e. The van der Waals surface area contributed by atoms with Gasteiger partial charge in [0, 0.05) is 25.0 Å². The highest BCUT2D eigenvalue weighted by Gasteiger charge is 2.10. The number of aryl methyl sites for hydroxylation is 1. The summed E-state index contributed by atoms with van der Waals surface area (Å²) >= 11 is 6.09. The van der Waals surface area contributed by atoms with E-state index in [4.69, 9.17) is 16.9 Å². The van der Waals surface area contributed by atoms with Crippen molar-refractivity contribution in [2.75, 3.05) is 7.05 Å². The second kappa shape index (κ2) is 7.63. The highest BCUT2D eigenvalue weighted by atomic mass is 35.5. The Bertz CT molecular complexity index is 689. The maximum absolute atomic E-state index is 12.2. The Hall–Kier alpha value is -2.31. The Morgan fingerprint density at radius 1 is 1.18 bits per heavy atom. The number of amides is 1. The molecule has 0 radical (unpaired) electrons. The summed E-state index contributed by atoms with van der Waals surface area (Å²) < 4.78 is 0. The molecule has 0 aromatic heterocycles. The van der Waals surface area contributed by atoms with Crippen LogP contribution in [0, 0.1) is 11.3 Å². The van der Waals surface area contributed by atoms with Gasteiger partial charge in [-0.3, -0.25) is 4.79 Å². The lowest BCUT2D eigenvalue weighted by Crippen LogP contribution is -2.26. The summed E-state index contributed by atoms with van der Waals surface area (Å²) in [5, 5.41) is 9.47. The van der Waals surface area contributed by atoms with E-state index >= 15 is 0 Å². The molecule has 0 N–H and O–H groups in total. The van der Waals surface area contributed by atoms with Crippen LogP contribution >= 0.6 is 11.6 Å².